The first-order chi connectivity index (χ1) is 15.1. The van der Waals surface area contributed by atoms with E-state index >= 15 is 0 Å². The average molecular weight is 459 g/mol. The summed E-state index contributed by atoms with van der Waals surface area (Å²) in [6.45, 7) is 0. The van der Waals surface area contributed by atoms with E-state index in [0.717, 1.165) is 42.1 Å². The van der Waals surface area contributed by atoms with Crippen LogP contribution in [0.25, 0.3) is 27.0 Å². The van der Waals surface area contributed by atoms with Crippen molar-refractivity contribution in [2.24, 2.45) is 7.05 Å². The minimum atomic E-state index is -4.83. The zero-order valence-corrected chi connectivity index (χ0v) is 17.5. The SMILES string of the molecule is Cn1c(C(F)(F)F)cc(=O)n(-c2ccc3snc(-c4cc5c(cc4O)CCC5)c3c2)c1=O. The third-order valence-corrected chi connectivity index (χ3v) is 6.61. The Labute approximate surface area is 183 Å². The number of hydrogen-bond donors (Lipinski definition) is 1. The van der Waals surface area contributed by atoms with Gasteiger partial charge in [-0.2, -0.15) is 17.5 Å². The van der Waals surface area contributed by atoms with Crippen LogP contribution in [0.2, 0.25) is 0 Å². The van der Waals surface area contributed by atoms with Crippen molar-refractivity contribution >= 4 is 21.6 Å². The molecule has 2 heterocycles. The molecule has 5 rings (SSSR count). The monoisotopic (exact) mass is 459 g/mol. The first-order valence-electron chi connectivity index (χ1n) is 9.80. The Hall–Kier alpha value is -3.40. The molecule has 0 bridgehead atoms. The highest BCUT2D eigenvalue weighted by Gasteiger charge is 2.35. The summed E-state index contributed by atoms with van der Waals surface area (Å²) >= 11 is 1.19. The number of aromatic nitrogens is 3. The van der Waals surface area contributed by atoms with E-state index in [1.54, 1.807) is 12.1 Å². The molecule has 6 nitrogen and oxygen atoms in total. The quantitative estimate of drug-likeness (QED) is 0.491. The van der Waals surface area contributed by atoms with Crippen LogP contribution in [0.3, 0.4) is 0 Å². The van der Waals surface area contributed by atoms with Gasteiger partial charge >= 0.3 is 11.9 Å². The molecule has 32 heavy (non-hydrogen) atoms. The number of aryl methyl sites for hydroxylation is 2. The molecule has 0 saturated heterocycles. The molecule has 1 aliphatic rings. The van der Waals surface area contributed by atoms with Gasteiger partial charge in [0, 0.05) is 24.1 Å². The van der Waals surface area contributed by atoms with Crippen LogP contribution in [-0.4, -0.2) is 18.6 Å². The fourth-order valence-electron chi connectivity index (χ4n) is 4.20. The Bertz CT molecular complexity index is 1520. The normalized spacial score (nSPS) is 13.6. The van der Waals surface area contributed by atoms with Gasteiger partial charge in [-0.1, -0.05) is 0 Å². The van der Waals surface area contributed by atoms with E-state index in [9.17, 15) is 27.9 Å². The lowest BCUT2D eigenvalue weighted by molar-refractivity contribution is -0.144. The molecule has 2 aromatic heterocycles. The third kappa shape index (κ3) is 3.13. The predicted molar refractivity (Wildman–Crippen MR) is 115 cm³/mol. The largest absolute Gasteiger partial charge is 0.507 e. The van der Waals surface area contributed by atoms with E-state index in [2.05, 4.69) is 4.37 Å². The second kappa shape index (κ2) is 7.06. The molecule has 2 aromatic carbocycles. The predicted octanol–water partition coefficient (Wildman–Crippen LogP) is 4.03. The number of phenolic OH excluding ortho intramolecular Hbond substituents is 1. The second-order valence-electron chi connectivity index (χ2n) is 7.75. The van der Waals surface area contributed by atoms with E-state index in [-0.39, 0.29) is 11.4 Å². The Morgan fingerprint density at radius 1 is 1.06 bits per heavy atom. The minimum absolute atomic E-state index is 0.0888. The second-order valence-corrected chi connectivity index (χ2v) is 8.55. The lowest BCUT2D eigenvalue weighted by Gasteiger charge is -2.14. The van der Waals surface area contributed by atoms with E-state index in [0.29, 0.717) is 31.8 Å². The molecule has 0 saturated carbocycles. The van der Waals surface area contributed by atoms with Gasteiger partial charge in [0.25, 0.3) is 5.56 Å². The Morgan fingerprint density at radius 3 is 2.50 bits per heavy atom. The summed E-state index contributed by atoms with van der Waals surface area (Å²) < 4.78 is 45.7. The summed E-state index contributed by atoms with van der Waals surface area (Å²) in [6, 6.07) is 8.73. The number of nitrogens with zero attached hydrogens (tertiary/aromatic N) is 3. The molecule has 0 unspecified atom stereocenters. The van der Waals surface area contributed by atoms with Gasteiger partial charge in [0.1, 0.15) is 11.4 Å². The molecule has 10 heteroatoms. The van der Waals surface area contributed by atoms with Crippen LogP contribution < -0.4 is 11.2 Å². The molecule has 0 radical (unpaired) electrons. The molecule has 0 fully saturated rings. The van der Waals surface area contributed by atoms with Crippen LogP contribution in [0.5, 0.6) is 5.75 Å². The van der Waals surface area contributed by atoms with Crippen LogP contribution in [0.1, 0.15) is 23.2 Å². The van der Waals surface area contributed by atoms with Gasteiger partial charge < -0.3 is 5.11 Å². The van der Waals surface area contributed by atoms with Gasteiger partial charge in [-0.3, -0.25) is 9.36 Å². The zero-order chi connectivity index (χ0) is 22.8. The summed E-state index contributed by atoms with van der Waals surface area (Å²) in [5, 5.41) is 11.2. The van der Waals surface area contributed by atoms with Crippen LogP contribution in [0, 0.1) is 0 Å². The van der Waals surface area contributed by atoms with Gasteiger partial charge in [0.15, 0.2) is 0 Å². The van der Waals surface area contributed by atoms with Crippen molar-refractivity contribution in [3.8, 4) is 22.7 Å². The maximum Gasteiger partial charge on any atom is 0.431 e. The third-order valence-electron chi connectivity index (χ3n) is 5.79. The molecule has 0 atom stereocenters. The van der Waals surface area contributed by atoms with Crippen molar-refractivity contribution in [1.82, 2.24) is 13.5 Å². The fourth-order valence-corrected chi connectivity index (χ4v) is 4.97. The Morgan fingerprint density at radius 2 is 1.78 bits per heavy atom. The van der Waals surface area contributed by atoms with Crippen molar-refractivity contribution in [1.29, 1.82) is 0 Å². The van der Waals surface area contributed by atoms with Crippen molar-refractivity contribution in [2.45, 2.75) is 25.4 Å². The van der Waals surface area contributed by atoms with E-state index < -0.39 is 23.1 Å². The lowest BCUT2D eigenvalue weighted by Crippen LogP contribution is -2.40. The van der Waals surface area contributed by atoms with Gasteiger partial charge in [-0.15, -0.1) is 0 Å². The van der Waals surface area contributed by atoms with E-state index in [1.807, 2.05) is 6.07 Å². The first-order valence-corrected chi connectivity index (χ1v) is 10.6. The Kier molecular flexibility index (Phi) is 4.52. The average Bonchev–Trinajstić information content (AvgIpc) is 3.35. The summed E-state index contributed by atoms with van der Waals surface area (Å²) in [4.78, 5) is 25.1. The number of hydrogen-bond acceptors (Lipinski definition) is 5. The number of benzene rings is 2. The fraction of sp³-hybridized carbons (Fsp3) is 0.227. The lowest BCUT2D eigenvalue weighted by atomic mass is 10.0. The smallest absolute Gasteiger partial charge is 0.431 e. The van der Waals surface area contributed by atoms with Crippen LogP contribution in [-0.2, 0) is 26.1 Å². The van der Waals surface area contributed by atoms with Gasteiger partial charge in [-0.25, -0.2) is 9.36 Å². The summed E-state index contributed by atoms with van der Waals surface area (Å²) in [5.41, 5.74) is -0.0874. The highest BCUT2D eigenvalue weighted by molar-refractivity contribution is 7.13. The first kappa shape index (κ1) is 20.5. The number of rotatable bonds is 2. The number of halogens is 3. The van der Waals surface area contributed by atoms with Gasteiger partial charge in [0.05, 0.1) is 16.1 Å². The molecular formula is C22H16F3N3O3S. The molecule has 0 aliphatic heterocycles. The van der Waals surface area contributed by atoms with Crippen LogP contribution in [0.4, 0.5) is 13.2 Å². The maximum atomic E-state index is 13.1. The molecule has 1 N–H and O–H groups in total. The van der Waals surface area contributed by atoms with Crippen molar-refractivity contribution < 1.29 is 18.3 Å². The standard InChI is InChI=1S/C22H16F3N3O3S/c1-27-18(22(23,24)25)10-19(30)28(21(27)31)13-5-6-17-15(9-13)20(26-32-17)14-7-11-3-2-4-12(11)8-16(14)29/h5-10,29H,2-4H2,1H3. The zero-order valence-electron chi connectivity index (χ0n) is 16.7. The number of alkyl halides is 3. The van der Waals surface area contributed by atoms with Gasteiger partial charge in [0.2, 0.25) is 0 Å². The number of aromatic hydroxyl groups is 1. The highest BCUT2D eigenvalue weighted by Crippen LogP contribution is 2.39. The van der Waals surface area contributed by atoms with Crippen molar-refractivity contribution in [3.05, 3.63) is 74.1 Å². The molecule has 0 spiro atoms. The number of fused-ring (bicyclic) bond motifs is 2. The highest BCUT2D eigenvalue weighted by atomic mass is 32.1. The molecule has 0 amide bonds. The van der Waals surface area contributed by atoms with E-state index in [1.165, 1.54) is 23.7 Å². The van der Waals surface area contributed by atoms with Gasteiger partial charge in [-0.05, 0) is 72.3 Å². The van der Waals surface area contributed by atoms with Crippen molar-refractivity contribution in [2.75, 3.05) is 0 Å². The molecule has 4 aromatic rings. The van der Waals surface area contributed by atoms with E-state index in [4.69, 9.17) is 0 Å². The minimum Gasteiger partial charge on any atom is -0.507 e. The number of phenols is 1. The summed E-state index contributed by atoms with van der Waals surface area (Å²) in [5.74, 6) is 0.0888. The van der Waals surface area contributed by atoms with Crippen LogP contribution >= 0.6 is 11.5 Å². The summed E-state index contributed by atoms with van der Waals surface area (Å²) in [6.07, 6.45) is -2.00. The molecule has 164 valence electrons. The molecular weight excluding hydrogens is 443 g/mol. The van der Waals surface area contributed by atoms with Crippen LogP contribution in [0.15, 0.2) is 46.0 Å². The maximum absolute atomic E-state index is 13.1. The Balaban J connectivity index is 1.71. The van der Waals surface area contributed by atoms with Crippen molar-refractivity contribution in [3.63, 3.8) is 0 Å². The summed E-state index contributed by atoms with van der Waals surface area (Å²) in [7, 11) is 0.972. The molecule has 1 aliphatic carbocycles. The topological polar surface area (TPSA) is 77.1 Å².